The molecule has 0 aliphatic carbocycles. The number of nitrogens with zero attached hydrogens (tertiary/aromatic N) is 3. The van der Waals surface area contributed by atoms with Crippen molar-refractivity contribution in [2.45, 2.75) is 13.0 Å². The lowest BCUT2D eigenvalue weighted by atomic mass is 9.96. The van der Waals surface area contributed by atoms with Crippen molar-refractivity contribution in [1.29, 1.82) is 0 Å². The van der Waals surface area contributed by atoms with Gasteiger partial charge in [0.1, 0.15) is 11.6 Å². The molecule has 4 rings (SSSR count). The van der Waals surface area contributed by atoms with Crippen molar-refractivity contribution in [2.75, 3.05) is 11.1 Å². The van der Waals surface area contributed by atoms with Gasteiger partial charge >= 0.3 is 0 Å². The summed E-state index contributed by atoms with van der Waals surface area (Å²) in [4.78, 5) is 21.3. The van der Waals surface area contributed by atoms with E-state index in [-0.39, 0.29) is 17.5 Å². The number of rotatable bonds is 4. The Morgan fingerprint density at radius 1 is 1.14 bits per heavy atom. The van der Waals surface area contributed by atoms with E-state index >= 15 is 0 Å². The SMILES string of the molecule is C[C@H](Nc1ccnc(N)n1)c1cc2ccc(F)cn2c(=O)c1-c1ccccc1. The van der Waals surface area contributed by atoms with Gasteiger partial charge in [-0.05, 0) is 42.3 Å². The van der Waals surface area contributed by atoms with Gasteiger partial charge in [-0.3, -0.25) is 9.20 Å². The number of hydrogen-bond donors (Lipinski definition) is 2. The van der Waals surface area contributed by atoms with Crippen LogP contribution >= 0.6 is 0 Å². The number of aromatic nitrogens is 3. The summed E-state index contributed by atoms with van der Waals surface area (Å²) >= 11 is 0. The van der Waals surface area contributed by atoms with Crippen LogP contribution in [-0.2, 0) is 0 Å². The molecule has 1 atom stereocenters. The number of anilines is 2. The summed E-state index contributed by atoms with van der Waals surface area (Å²) in [5.74, 6) is 0.247. The summed E-state index contributed by atoms with van der Waals surface area (Å²) in [5.41, 5.74) is 8.02. The summed E-state index contributed by atoms with van der Waals surface area (Å²) in [6, 6.07) is 15.6. The number of halogens is 1. The lowest BCUT2D eigenvalue weighted by Crippen LogP contribution is -2.21. The topological polar surface area (TPSA) is 85.3 Å². The molecule has 0 bridgehead atoms. The van der Waals surface area contributed by atoms with Crippen LogP contribution in [0.5, 0.6) is 0 Å². The summed E-state index contributed by atoms with van der Waals surface area (Å²) < 4.78 is 15.1. The fourth-order valence-electron chi connectivity index (χ4n) is 3.25. The molecule has 0 aliphatic rings. The number of nitrogens with one attached hydrogen (secondary N) is 1. The zero-order valence-corrected chi connectivity index (χ0v) is 15.1. The molecule has 0 aliphatic heterocycles. The minimum absolute atomic E-state index is 0.162. The molecule has 3 N–H and O–H groups in total. The van der Waals surface area contributed by atoms with E-state index in [1.165, 1.54) is 16.7 Å². The standard InChI is InChI=1S/C21H18FN5O/c1-13(25-18-9-10-24-21(23)26-18)17-11-16-8-7-15(22)12-27(16)20(28)19(17)14-5-3-2-4-6-14/h2-13H,1H3,(H3,23,24,25,26)/t13-/m0/s1. The Morgan fingerprint density at radius 3 is 2.68 bits per heavy atom. The Hall–Kier alpha value is -3.74. The van der Waals surface area contributed by atoms with Crippen LogP contribution in [0.1, 0.15) is 18.5 Å². The van der Waals surface area contributed by atoms with Crippen molar-refractivity contribution in [3.8, 4) is 11.1 Å². The second-order valence-corrected chi connectivity index (χ2v) is 6.45. The second-order valence-electron chi connectivity index (χ2n) is 6.45. The number of nitrogen functional groups attached to an aromatic ring is 1. The van der Waals surface area contributed by atoms with Gasteiger partial charge in [0.2, 0.25) is 5.95 Å². The average molecular weight is 375 g/mol. The Bertz CT molecular complexity index is 1210. The molecule has 0 fully saturated rings. The third-order valence-electron chi connectivity index (χ3n) is 4.54. The van der Waals surface area contributed by atoms with Crippen molar-refractivity contribution >= 4 is 17.3 Å². The van der Waals surface area contributed by atoms with Crippen molar-refractivity contribution in [1.82, 2.24) is 14.4 Å². The molecule has 4 aromatic rings. The average Bonchev–Trinajstić information content (AvgIpc) is 2.69. The molecule has 0 radical (unpaired) electrons. The molecule has 1 aromatic carbocycles. The van der Waals surface area contributed by atoms with Crippen LogP contribution in [0.4, 0.5) is 16.2 Å². The van der Waals surface area contributed by atoms with E-state index in [0.29, 0.717) is 16.9 Å². The number of pyridine rings is 2. The second kappa shape index (κ2) is 7.11. The van der Waals surface area contributed by atoms with Crippen LogP contribution in [0.15, 0.2) is 71.8 Å². The normalized spacial score (nSPS) is 12.1. The smallest absolute Gasteiger partial charge is 0.263 e. The predicted molar refractivity (Wildman–Crippen MR) is 108 cm³/mol. The third-order valence-corrected chi connectivity index (χ3v) is 4.54. The quantitative estimate of drug-likeness (QED) is 0.569. The highest BCUT2D eigenvalue weighted by molar-refractivity contribution is 5.71. The number of hydrogen-bond acceptors (Lipinski definition) is 5. The maximum absolute atomic E-state index is 13.7. The largest absolute Gasteiger partial charge is 0.368 e. The summed E-state index contributed by atoms with van der Waals surface area (Å²) in [5, 5.41) is 3.26. The lowest BCUT2D eigenvalue weighted by Gasteiger charge is -2.19. The fraction of sp³-hybridized carbons (Fsp3) is 0.0952. The minimum Gasteiger partial charge on any atom is -0.368 e. The molecule has 0 amide bonds. The monoisotopic (exact) mass is 375 g/mol. The third kappa shape index (κ3) is 3.29. The van der Waals surface area contributed by atoms with Gasteiger partial charge in [-0.15, -0.1) is 0 Å². The molecular formula is C21H18FN5O. The van der Waals surface area contributed by atoms with Gasteiger partial charge in [0.15, 0.2) is 0 Å². The van der Waals surface area contributed by atoms with Gasteiger partial charge in [-0.25, -0.2) is 9.37 Å². The van der Waals surface area contributed by atoms with Crippen LogP contribution in [0.25, 0.3) is 16.6 Å². The maximum atomic E-state index is 13.7. The number of fused-ring (bicyclic) bond motifs is 1. The molecule has 3 aromatic heterocycles. The highest BCUT2D eigenvalue weighted by atomic mass is 19.1. The van der Waals surface area contributed by atoms with Gasteiger partial charge in [0.25, 0.3) is 5.56 Å². The first-order valence-electron chi connectivity index (χ1n) is 8.78. The first-order chi connectivity index (χ1) is 13.5. The highest BCUT2D eigenvalue weighted by Crippen LogP contribution is 2.28. The van der Waals surface area contributed by atoms with Gasteiger partial charge < -0.3 is 11.1 Å². The van der Waals surface area contributed by atoms with Crippen molar-refractivity contribution in [3.05, 3.63) is 88.7 Å². The Morgan fingerprint density at radius 2 is 1.93 bits per heavy atom. The van der Waals surface area contributed by atoms with Gasteiger partial charge in [-0.1, -0.05) is 30.3 Å². The van der Waals surface area contributed by atoms with E-state index in [1.54, 1.807) is 18.3 Å². The molecule has 0 spiro atoms. The van der Waals surface area contributed by atoms with Gasteiger partial charge in [0.05, 0.1) is 11.6 Å². The maximum Gasteiger partial charge on any atom is 0.263 e. The van der Waals surface area contributed by atoms with Crippen LogP contribution in [0.2, 0.25) is 0 Å². The van der Waals surface area contributed by atoms with E-state index in [4.69, 9.17) is 5.73 Å². The molecule has 0 saturated carbocycles. The van der Waals surface area contributed by atoms with Crippen molar-refractivity contribution < 1.29 is 4.39 Å². The molecule has 28 heavy (non-hydrogen) atoms. The first-order valence-corrected chi connectivity index (χ1v) is 8.78. The van der Waals surface area contributed by atoms with Gasteiger partial charge in [-0.2, -0.15) is 4.98 Å². The zero-order valence-electron chi connectivity index (χ0n) is 15.1. The first kappa shape index (κ1) is 17.7. The van der Waals surface area contributed by atoms with E-state index in [9.17, 15) is 9.18 Å². The molecule has 3 heterocycles. The van der Waals surface area contributed by atoms with Crippen molar-refractivity contribution in [3.63, 3.8) is 0 Å². The van der Waals surface area contributed by atoms with Crippen LogP contribution in [0.3, 0.4) is 0 Å². The van der Waals surface area contributed by atoms with E-state index in [2.05, 4.69) is 15.3 Å². The van der Waals surface area contributed by atoms with Crippen LogP contribution in [0, 0.1) is 5.82 Å². The molecule has 0 unspecified atom stereocenters. The number of nitrogens with two attached hydrogens (primary N) is 1. The molecule has 7 heteroatoms. The van der Waals surface area contributed by atoms with E-state index < -0.39 is 5.82 Å². The van der Waals surface area contributed by atoms with Crippen LogP contribution < -0.4 is 16.6 Å². The van der Waals surface area contributed by atoms with Crippen molar-refractivity contribution in [2.24, 2.45) is 0 Å². The predicted octanol–water partition coefficient (Wildman–Crippen LogP) is 3.65. The molecule has 0 saturated heterocycles. The minimum atomic E-state index is -0.469. The molecule has 140 valence electrons. The Balaban J connectivity index is 1.91. The fourth-order valence-corrected chi connectivity index (χ4v) is 3.25. The lowest BCUT2D eigenvalue weighted by molar-refractivity contribution is 0.618. The van der Waals surface area contributed by atoms with Gasteiger partial charge in [0, 0.05) is 17.9 Å². The number of benzene rings is 1. The summed E-state index contributed by atoms with van der Waals surface area (Å²) in [6.45, 7) is 1.93. The molecule has 6 nitrogen and oxygen atoms in total. The highest BCUT2D eigenvalue weighted by Gasteiger charge is 2.18. The zero-order chi connectivity index (χ0) is 19.7. The Kier molecular flexibility index (Phi) is 4.49. The van der Waals surface area contributed by atoms with Crippen LogP contribution in [-0.4, -0.2) is 14.4 Å². The summed E-state index contributed by atoms with van der Waals surface area (Å²) in [6.07, 6.45) is 2.77. The Labute approximate surface area is 160 Å². The summed E-state index contributed by atoms with van der Waals surface area (Å²) in [7, 11) is 0. The molecular weight excluding hydrogens is 357 g/mol. The van der Waals surface area contributed by atoms with E-state index in [1.807, 2.05) is 43.3 Å². The van der Waals surface area contributed by atoms with E-state index in [0.717, 1.165) is 11.1 Å².